The highest BCUT2D eigenvalue weighted by Gasteiger charge is 2.27. The molecule has 1 fully saturated rings. The van der Waals surface area contributed by atoms with Crippen LogP contribution in [0, 0.1) is 0 Å². The van der Waals surface area contributed by atoms with E-state index in [9.17, 15) is 4.79 Å². The fraction of sp³-hybridized carbons (Fsp3) is 0.370. The number of hydrogen-bond donors (Lipinski definition) is 1. The first kappa shape index (κ1) is 23.7. The summed E-state index contributed by atoms with van der Waals surface area (Å²) < 4.78 is 5.44. The third-order valence-corrected chi connectivity index (χ3v) is 6.23. The van der Waals surface area contributed by atoms with Crippen LogP contribution in [0.5, 0.6) is 0 Å². The summed E-state index contributed by atoms with van der Waals surface area (Å²) in [5.74, 6) is 1.19. The summed E-state index contributed by atoms with van der Waals surface area (Å²) in [6.45, 7) is 13.7. The van der Waals surface area contributed by atoms with E-state index in [0.717, 1.165) is 41.8 Å². The monoisotopic (exact) mass is 459 g/mol. The maximum Gasteiger partial charge on any atom is 0.318 e. The maximum atomic E-state index is 13.1. The second kappa shape index (κ2) is 10.2. The number of rotatable bonds is 6. The molecule has 0 aliphatic carbocycles. The van der Waals surface area contributed by atoms with Crippen LogP contribution in [0.1, 0.15) is 44.1 Å². The van der Waals surface area contributed by atoms with Gasteiger partial charge in [-0.05, 0) is 56.5 Å². The Bertz CT molecular complexity index is 1140. The van der Waals surface area contributed by atoms with Crippen molar-refractivity contribution in [2.75, 3.05) is 26.2 Å². The summed E-state index contributed by atoms with van der Waals surface area (Å²) in [4.78, 5) is 21.8. The number of aromatic nitrogens is 2. The molecule has 34 heavy (non-hydrogen) atoms. The number of nitrogens with one attached hydrogen (secondary N) is 1. The lowest BCUT2D eigenvalue weighted by Gasteiger charge is -2.31. The minimum atomic E-state index is -0.493. The molecule has 3 aromatic rings. The van der Waals surface area contributed by atoms with Crippen LogP contribution in [0.2, 0.25) is 0 Å². The maximum absolute atomic E-state index is 13.1. The minimum Gasteiger partial charge on any atom is -0.334 e. The van der Waals surface area contributed by atoms with E-state index in [1.54, 1.807) is 0 Å². The summed E-state index contributed by atoms with van der Waals surface area (Å²) in [5, 5.41) is 7.37. The predicted octanol–water partition coefficient (Wildman–Crippen LogP) is 4.92. The van der Waals surface area contributed by atoms with Gasteiger partial charge in [-0.15, -0.1) is 0 Å². The largest absolute Gasteiger partial charge is 0.334 e. The lowest BCUT2D eigenvalue weighted by Crippen LogP contribution is -2.49. The molecule has 2 heterocycles. The van der Waals surface area contributed by atoms with Crippen LogP contribution in [0.3, 0.4) is 0 Å². The van der Waals surface area contributed by atoms with E-state index < -0.39 is 5.54 Å². The summed E-state index contributed by atoms with van der Waals surface area (Å²) in [6, 6.07) is 17.9. The van der Waals surface area contributed by atoms with Crippen molar-refractivity contribution in [1.29, 1.82) is 0 Å². The van der Waals surface area contributed by atoms with E-state index >= 15 is 0 Å². The van der Waals surface area contributed by atoms with Gasteiger partial charge >= 0.3 is 6.03 Å². The average molecular weight is 460 g/mol. The zero-order valence-corrected chi connectivity index (χ0v) is 20.3. The highest BCUT2D eigenvalue weighted by atomic mass is 16.5. The molecule has 7 heteroatoms. The molecule has 1 N–H and O–H groups in total. The van der Waals surface area contributed by atoms with Crippen molar-refractivity contribution < 1.29 is 9.32 Å². The van der Waals surface area contributed by atoms with Crippen LogP contribution in [-0.2, 0) is 12.1 Å². The molecule has 1 aliphatic heterocycles. The van der Waals surface area contributed by atoms with Crippen LogP contribution in [-0.4, -0.2) is 52.2 Å². The Morgan fingerprint density at radius 2 is 1.88 bits per heavy atom. The smallest absolute Gasteiger partial charge is 0.318 e. The minimum absolute atomic E-state index is 0.0431. The van der Waals surface area contributed by atoms with E-state index in [-0.39, 0.29) is 6.03 Å². The second-order valence-electron chi connectivity index (χ2n) is 9.41. The normalized spacial score (nSPS) is 15.1. The fourth-order valence-electron chi connectivity index (χ4n) is 4.14. The Morgan fingerprint density at radius 3 is 2.65 bits per heavy atom. The number of amides is 2. The van der Waals surface area contributed by atoms with Gasteiger partial charge in [-0.3, -0.25) is 4.90 Å². The fourth-order valence-corrected chi connectivity index (χ4v) is 4.14. The van der Waals surface area contributed by atoms with E-state index in [4.69, 9.17) is 4.52 Å². The van der Waals surface area contributed by atoms with Crippen LogP contribution >= 0.6 is 0 Å². The number of urea groups is 1. The SMILES string of the molecule is C=C(C)c1cccc(C(C)(C)NC(=O)N2CCCN(Cc3noc(-c4ccccc4)n3)CC2)c1. The number of carbonyl (C=O) groups is 1. The summed E-state index contributed by atoms with van der Waals surface area (Å²) in [5.41, 5.74) is 3.57. The van der Waals surface area contributed by atoms with E-state index in [1.165, 1.54) is 0 Å². The van der Waals surface area contributed by atoms with E-state index in [1.807, 2.05) is 74.2 Å². The zero-order valence-electron chi connectivity index (χ0n) is 20.3. The molecule has 2 aromatic carbocycles. The van der Waals surface area contributed by atoms with Crippen LogP contribution in [0.4, 0.5) is 4.79 Å². The number of carbonyl (C=O) groups excluding carboxylic acids is 1. The molecular formula is C27H33N5O2. The molecule has 1 aliphatic rings. The molecule has 0 bridgehead atoms. The molecule has 1 aromatic heterocycles. The summed E-state index contributed by atoms with van der Waals surface area (Å²) >= 11 is 0. The lowest BCUT2D eigenvalue weighted by atomic mass is 9.92. The van der Waals surface area contributed by atoms with Gasteiger partial charge < -0.3 is 14.7 Å². The molecule has 4 rings (SSSR count). The second-order valence-corrected chi connectivity index (χ2v) is 9.41. The zero-order chi connectivity index (χ0) is 24.1. The molecule has 178 valence electrons. The number of hydrogen-bond acceptors (Lipinski definition) is 5. The third-order valence-electron chi connectivity index (χ3n) is 6.23. The average Bonchev–Trinajstić information content (AvgIpc) is 3.17. The van der Waals surface area contributed by atoms with Crippen molar-refractivity contribution in [3.05, 3.63) is 78.1 Å². The Labute approximate surface area is 201 Å². The van der Waals surface area contributed by atoms with Gasteiger partial charge in [-0.25, -0.2) is 4.79 Å². The van der Waals surface area contributed by atoms with Gasteiger partial charge in [0.1, 0.15) is 0 Å². The molecule has 7 nitrogen and oxygen atoms in total. The highest BCUT2D eigenvalue weighted by molar-refractivity contribution is 5.75. The topological polar surface area (TPSA) is 74.5 Å². The summed E-state index contributed by atoms with van der Waals surface area (Å²) in [6.07, 6.45) is 0.891. The number of benzene rings is 2. The first-order valence-electron chi connectivity index (χ1n) is 11.8. The van der Waals surface area contributed by atoms with Gasteiger partial charge in [0.05, 0.1) is 12.1 Å². The molecule has 0 unspecified atom stereocenters. The van der Waals surface area contributed by atoms with Gasteiger partial charge in [0.25, 0.3) is 5.89 Å². The van der Waals surface area contributed by atoms with Crippen molar-refractivity contribution in [3.8, 4) is 11.5 Å². The van der Waals surface area contributed by atoms with Crippen molar-refractivity contribution in [2.45, 2.75) is 39.3 Å². The van der Waals surface area contributed by atoms with Crippen molar-refractivity contribution in [2.24, 2.45) is 0 Å². The standard InChI is InChI=1S/C27H33N5O2/c1-20(2)22-12-8-13-23(18-22)27(3,4)29-26(33)32-15-9-14-31(16-17-32)19-24-28-25(34-30-24)21-10-6-5-7-11-21/h5-8,10-13,18H,1,9,14-17,19H2,2-4H3,(H,29,33). The van der Waals surface area contributed by atoms with Gasteiger partial charge in [0.2, 0.25) is 0 Å². The van der Waals surface area contributed by atoms with E-state index in [0.29, 0.717) is 31.3 Å². The predicted molar refractivity (Wildman–Crippen MR) is 134 cm³/mol. The first-order valence-corrected chi connectivity index (χ1v) is 11.8. The van der Waals surface area contributed by atoms with Crippen molar-refractivity contribution >= 4 is 11.6 Å². The number of allylic oxidation sites excluding steroid dienone is 1. The van der Waals surface area contributed by atoms with Crippen LogP contribution in [0.25, 0.3) is 17.0 Å². The Balaban J connectivity index is 1.34. The van der Waals surface area contributed by atoms with Gasteiger partial charge in [-0.1, -0.05) is 53.7 Å². The first-order chi connectivity index (χ1) is 16.3. The van der Waals surface area contributed by atoms with Crippen molar-refractivity contribution in [3.63, 3.8) is 0 Å². The van der Waals surface area contributed by atoms with Crippen LogP contribution in [0.15, 0.2) is 65.7 Å². The molecule has 2 amide bonds. The molecular weight excluding hydrogens is 426 g/mol. The highest BCUT2D eigenvalue weighted by Crippen LogP contribution is 2.24. The van der Waals surface area contributed by atoms with Gasteiger partial charge in [0.15, 0.2) is 5.82 Å². The summed E-state index contributed by atoms with van der Waals surface area (Å²) in [7, 11) is 0. The van der Waals surface area contributed by atoms with E-state index in [2.05, 4.69) is 33.0 Å². The third kappa shape index (κ3) is 5.72. The number of nitrogens with zero attached hydrogens (tertiary/aromatic N) is 4. The Hall–Kier alpha value is -3.45. The molecule has 0 atom stereocenters. The van der Waals surface area contributed by atoms with Crippen molar-refractivity contribution in [1.82, 2.24) is 25.3 Å². The Kier molecular flexibility index (Phi) is 7.12. The molecule has 0 spiro atoms. The quantitative estimate of drug-likeness (QED) is 0.566. The lowest BCUT2D eigenvalue weighted by molar-refractivity contribution is 0.186. The molecule has 0 saturated carbocycles. The van der Waals surface area contributed by atoms with Gasteiger partial charge in [-0.2, -0.15) is 4.98 Å². The molecule has 0 radical (unpaired) electrons. The van der Waals surface area contributed by atoms with Gasteiger partial charge in [0, 0.05) is 31.7 Å². The Morgan fingerprint density at radius 1 is 1.09 bits per heavy atom. The molecule has 1 saturated heterocycles. The van der Waals surface area contributed by atoms with Crippen LogP contribution < -0.4 is 5.32 Å².